The van der Waals surface area contributed by atoms with Gasteiger partial charge in [0.1, 0.15) is 10.8 Å². The van der Waals surface area contributed by atoms with Crippen molar-refractivity contribution < 1.29 is 38.5 Å². The third-order valence-corrected chi connectivity index (χ3v) is 2.86. The minimum absolute atomic E-state index is 0. The second-order valence-corrected chi connectivity index (χ2v) is 4.68. The summed E-state index contributed by atoms with van der Waals surface area (Å²) in [6, 6.07) is 6.09. The van der Waals surface area contributed by atoms with E-state index in [0.717, 1.165) is 0 Å². The second kappa shape index (κ2) is 18.6. The Morgan fingerprint density at radius 2 is 1.39 bits per heavy atom. The van der Waals surface area contributed by atoms with Crippen molar-refractivity contribution in [2.45, 2.75) is 0 Å². The Morgan fingerprint density at radius 3 is 1.79 bits per heavy atom. The van der Waals surface area contributed by atoms with Crippen molar-refractivity contribution in [1.29, 1.82) is 10.5 Å². The summed E-state index contributed by atoms with van der Waals surface area (Å²) in [5.74, 6) is -0.617. The molecule has 0 aliphatic heterocycles. The van der Waals surface area contributed by atoms with Gasteiger partial charge in [-0.2, -0.15) is 0 Å². The molecule has 28 heavy (non-hydrogen) atoms. The fourth-order valence-electron chi connectivity index (χ4n) is 1.37. The maximum absolute atomic E-state index is 10.9. The standard InChI is InChI=1S/C8H6N2O2.C7H6BrNO2.2CN.Zn/c1-9-7-5-6(3-4-10-7)8(11)12-2;1-11-7(10)5-2-3-9-6(8)4-5;2*1-2;/h3-5H,2H3;2-4H,1H3;;;/q;;2*-1;+2. The van der Waals surface area contributed by atoms with Gasteiger partial charge in [-0.05, 0) is 40.2 Å². The summed E-state index contributed by atoms with van der Waals surface area (Å²) in [4.78, 5) is 32.5. The van der Waals surface area contributed by atoms with Crippen molar-refractivity contribution in [3.63, 3.8) is 0 Å². The number of ether oxygens (including phenoxy) is 2. The van der Waals surface area contributed by atoms with Crippen molar-refractivity contribution in [2.24, 2.45) is 0 Å². The van der Waals surface area contributed by atoms with Crippen LogP contribution >= 0.6 is 15.9 Å². The number of carbonyl (C=O) groups is 2. The van der Waals surface area contributed by atoms with E-state index in [2.05, 4.69) is 40.2 Å². The van der Waals surface area contributed by atoms with Crippen molar-refractivity contribution in [1.82, 2.24) is 9.97 Å². The molecule has 0 amide bonds. The van der Waals surface area contributed by atoms with E-state index in [1.54, 1.807) is 12.1 Å². The van der Waals surface area contributed by atoms with Crippen LogP contribution in [0.2, 0.25) is 0 Å². The normalized spacial score (nSPS) is 7.50. The van der Waals surface area contributed by atoms with Gasteiger partial charge >= 0.3 is 31.4 Å². The van der Waals surface area contributed by atoms with E-state index in [0.29, 0.717) is 15.7 Å². The zero-order valence-electron chi connectivity index (χ0n) is 14.9. The second-order valence-electron chi connectivity index (χ2n) is 3.86. The summed E-state index contributed by atoms with van der Waals surface area (Å²) in [5.41, 5.74) is 0.841. The average molecular weight is 496 g/mol. The molecule has 0 aromatic carbocycles. The molecular formula is C17H12BrN5O4Zn. The van der Waals surface area contributed by atoms with Crippen LogP contribution in [0.4, 0.5) is 5.82 Å². The molecule has 2 aromatic rings. The third kappa shape index (κ3) is 11.4. The van der Waals surface area contributed by atoms with E-state index in [9.17, 15) is 9.59 Å². The quantitative estimate of drug-likeness (QED) is 0.269. The van der Waals surface area contributed by atoms with Crippen LogP contribution in [-0.2, 0) is 29.0 Å². The van der Waals surface area contributed by atoms with Crippen molar-refractivity contribution in [2.75, 3.05) is 14.2 Å². The number of aromatic nitrogens is 2. The van der Waals surface area contributed by atoms with E-state index in [1.165, 1.54) is 38.7 Å². The largest absolute Gasteiger partial charge is 2.00 e. The number of halogens is 1. The molecule has 11 heteroatoms. The number of methoxy groups -OCH3 is 2. The number of nitrogens with zero attached hydrogens (tertiary/aromatic N) is 5. The Kier molecular flexibility index (Phi) is 19.6. The molecule has 2 aromatic heterocycles. The van der Waals surface area contributed by atoms with Crippen molar-refractivity contribution in [3.05, 3.63) is 77.0 Å². The topological polar surface area (TPSA) is 130 Å². The summed E-state index contributed by atoms with van der Waals surface area (Å²) >= 11 is 3.14. The monoisotopic (exact) mass is 493 g/mol. The Bertz CT molecular complexity index is 831. The van der Waals surface area contributed by atoms with E-state index in [4.69, 9.17) is 30.2 Å². The number of rotatable bonds is 2. The van der Waals surface area contributed by atoms with E-state index in [1.807, 2.05) is 0 Å². The number of hydrogen-bond acceptors (Lipinski definition) is 8. The molecule has 2 heterocycles. The fraction of sp³-hybridized carbons (Fsp3) is 0.118. The zero-order valence-corrected chi connectivity index (χ0v) is 19.5. The van der Waals surface area contributed by atoms with Gasteiger partial charge in [-0.25, -0.2) is 14.6 Å². The van der Waals surface area contributed by atoms with Crippen LogP contribution in [0.15, 0.2) is 41.3 Å². The minimum atomic E-state index is -0.456. The molecular weight excluding hydrogens is 484 g/mol. The first kappa shape index (κ1) is 29.6. The van der Waals surface area contributed by atoms with Crippen LogP contribution in [0.25, 0.3) is 4.85 Å². The number of pyridine rings is 2. The Hall–Kier alpha value is -3.19. The van der Waals surface area contributed by atoms with Crippen LogP contribution in [0, 0.1) is 30.2 Å². The molecule has 0 aliphatic carbocycles. The average Bonchev–Trinajstić information content (AvgIpc) is 2.75. The van der Waals surface area contributed by atoms with Gasteiger partial charge in [0, 0.05) is 6.20 Å². The molecule has 0 radical (unpaired) electrons. The first-order chi connectivity index (χ1) is 13.0. The van der Waals surface area contributed by atoms with Gasteiger partial charge in [0.15, 0.2) is 0 Å². The van der Waals surface area contributed by atoms with Gasteiger partial charge in [0.25, 0.3) is 5.82 Å². The van der Waals surface area contributed by atoms with Crippen LogP contribution in [0.3, 0.4) is 0 Å². The molecule has 0 saturated carbocycles. The predicted octanol–water partition coefficient (Wildman–Crippen LogP) is 3.24. The van der Waals surface area contributed by atoms with Gasteiger partial charge in [-0.1, -0.05) is 6.57 Å². The first-order valence-electron chi connectivity index (χ1n) is 6.58. The SMILES string of the molecule is COC(=O)c1ccnc(Br)c1.[C-]#N.[C-]#N.[C-]#[N+]c1cc(C(=O)OC)ccn1.[Zn+2]. The molecule has 0 unspecified atom stereocenters. The Balaban J connectivity index is -0.000000368. The van der Waals surface area contributed by atoms with Gasteiger partial charge in [0.2, 0.25) is 0 Å². The van der Waals surface area contributed by atoms with Gasteiger partial charge < -0.3 is 38.0 Å². The molecule has 2 rings (SSSR count). The number of hydrogen-bond donors (Lipinski definition) is 0. The molecule has 0 aliphatic rings. The van der Waals surface area contributed by atoms with Crippen LogP contribution in [0.5, 0.6) is 0 Å². The number of carbonyl (C=O) groups excluding carboxylic acids is 2. The smallest absolute Gasteiger partial charge is 0.512 e. The summed E-state index contributed by atoms with van der Waals surface area (Å²) in [7, 11) is 2.64. The molecule has 0 atom stereocenters. The molecule has 0 saturated heterocycles. The molecule has 0 spiro atoms. The first-order valence-corrected chi connectivity index (χ1v) is 7.37. The molecule has 9 nitrogen and oxygen atoms in total. The van der Waals surface area contributed by atoms with E-state index < -0.39 is 5.97 Å². The van der Waals surface area contributed by atoms with Gasteiger partial charge in [-0.15, -0.1) is 4.98 Å². The maximum atomic E-state index is 10.9. The predicted molar refractivity (Wildman–Crippen MR) is 95.1 cm³/mol. The summed E-state index contributed by atoms with van der Waals surface area (Å²) in [5, 5.41) is 12.5. The third-order valence-electron chi connectivity index (χ3n) is 2.43. The van der Waals surface area contributed by atoms with Crippen molar-refractivity contribution in [3.8, 4) is 0 Å². The molecule has 138 valence electrons. The summed E-state index contributed by atoms with van der Waals surface area (Å²) in [6.07, 6.45) is 2.94. The van der Waals surface area contributed by atoms with E-state index in [-0.39, 0.29) is 31.3 Å². The molecule has 0 N–H and O–H groups in total. The summed E-state index contributed by atoms with van der Waals surface area (Å²) in [6.45, 7) is 16.1. The van der Waals surface area contributed by atoms with Crippen LogP contribution in [0.1, 0.15) is 20.7 Å². The maximum Gasteiger partial charge on any atom is 2.00 e. The van der Waals surface area contributed by atoms with Gasteiger partial charge in [-0.3, -0.25) is 0 Å². The zero-order chi connectivity index (χ0) is 21.2. The molecule has 0 fully saturated rings. The summed E-state index contributed by atoms with van der Waals surface area (Å²) < 4.78 is 9.60. The van der Waals surface area contributed by atoms with Crippen molar-refractivity contribution >= 4 is 33.7 Å². The Morgan fingerprint density at radius 1 is 0.964 bits per heavy atom. The van der Waals surface area contributed by atoms with Gasteiger partial charge in [0.05, 0.1) is 25.3 Å². The fourth-order valence-corrected chi connectivity index (χ4v) is 1.74. The molecule has 0 bridgehead atoms. The minimum Gasteiger partial charge on any atom is -0.512 e. The van der Waals surface area contributed by atoms with E-state index >= 15 is 0 Å². The van der Waals surface area contributed by atoms with Crippen LogP contribution in [-0.4, -0.2) is 36.1 Å². The van der Waals surface area contributed by atoms with Crippen LogP contribution < -0.4 is 0 Å². The Labute approximate surface area is 183 Å². The number of esters is 2.